The van der Waals surface area contributed by atoms with Crippen molar-refractivity contribution in [1.29, 1.82) is 0 Å². The zero-order valence-corrected chi connectivity index (χ0v) is 63.8. The number of carbonyl (C=O) groups excluding carboxylic acids is 4. The monoisotopic (exact) mass is 1400 g/mol. The summed E-state index contributed by atoms with van der Waals surface area (Å²) >= 11 is 0. The van der Waals surface area contributed by atoms with Gasteiger partial charge in [0, 0.05) is 25.7 Å². The van der Waals surface area contributed by atoms with Crippen molar-refractivity contribution in [3.63, 3.8) is 0 Å². The molecule has 0 heterocycles. The Balaban J connectivity index is 5.19. The van der Waals surface area contributed by atoms with Crippen LogP contribution in [-0.2, 0) is 65.4 Å². The van der Waals surface area contributed by atoms with Gasteiger partial charge in [-0.1, -0.05) is 343 Å². The molecule has 564 valence electrons. The number of rotatable bonds is 75. The number of ether oxygens (including phenoxy) is 4. The van der Waals surface area contributed by atoms with E-state index in [1.165, 1.54) is 205 Å². The molecule has 95 heavy (non-hydrogen) atoms. The predicted octanol–water partition coefficient (Wildman–Crippen LogP) is 22.3. The topological polar surface area (TPSA) is 237 Å². The lowest BCUT2D eigenvalue weighted by atomic mass is 10.0. The van der Waals surface area contributed by atoms with Crippen LogP contribution in [0, 0.1) is 11.8 Å². The summed E-state index contributed by atoms with van der Waals surface area (Å²) in [5.74, 6) is -0.595. The number of aliphatic hydroxyl groups is 1. The van der Waals surface area contributed by atoms with Crippen molar-refractivity contribution in [3.8, 4) is 0 Å². The number of phosphoric acid groups is 2. The summed E-state index contributed by atoms with van der Waals surface area (Å²) in [6.45, 7) is 9.56. The normalized spacial score (nSPS) is 14.0. The highest BCUT2D eigenvalue weighted by Gasteiger charge is 2.30. The minimum absolute atomic E-state index is 0.106. The molecule has 0 aromatic carbocycles. The van der Waals surface area contributed by atoms with Crippen LogP contribution in [0.2, 0.25) is 0 Å². The Morgan fingerprint density at radius 3 is 0.716 bits per heavy atom. The number of esters is 4. The van der Waals surface area contributed by atoms with Gasteiger partial charge in [-0.25, -0.2) is 9.13 Å². The van der Waals surface area contributed by atoms with E-state index < -0.39 is 97.5 Å². The van der Waals surface area contributed by atoms with E-state index in [0.717, 1.165) is 108 Å². The van der Waals surface area contributed by atoms with Crippen molar-refractivity contribution in [3.05, 3.63) is 0 Å². The van der Waals surface area contributed by atoms with Crippen LogP contribution in [0.4, 0.5) is 0 Å². The lowest BCUT2D eigenvalue weighted by Gasteiger charge is -2.21. The summed E-state index contributed by atoms with van der Waals surface area (Å²) in [7, 11) is -9.91. The highest BCUT2D eigenvalue weighted by molar-refractivity contribution is 7.47. The molecule has 0 saturated carbocycles. The molecule has 0 saturated heterocycles. The number of aliphatic hydroxyl groups excluding tert-OH is 1. The van der Waals surface area contributed by atoms with Gasteiger partial charge in [-0.2, -0.15) is 0 Å². The van der Waals surface area contributed by atoms with Crippen molar-refractivity contribution in [2.24, 2.45) is 11.8 Å². The average Bonchev–Trinajstić information content (AvgIpc) is 1.38. The fourth-order valence-electron chi connectivity index (χ4n) is 11.7. The second kappa shape index (κ2) is 67.9. The number of carbonyl (C=O) groups is 4. The van der Waals surface area contributed by atoms with E-state index >= 15 is 0 Å². The van der Waals surface area contributed by atoms with Crippen molar-refractivity contribution < 1.29 is 80.2 Å². The Kier molecular flexibility index (Phi) is 66.5. The van der Waals surface area contributed by atoms with Gasteiger partial charge in [-0.05, 0) is 37.5 Å². The molecule has 19 heteroatoms. The largest absolute Gasteiger partial charge is 0.472 e. The van der Waals surface area contributed by atoms with Crippen LogP contribution in [0.5, 0.6) is 0 Å². The van der Waals surface area contributed by atoms with Crippen molar-refractivity contribution in [1.82, 2.24) is 0 Å². The van der Waals surface area contributed by atoms with Crippen LogP contribution >= 0.6 is 15.6 Å². The molecule has 3 N–H and O–H groups in total. The first-order valence-electron chi connectivity index (χ1n) is 39.5. The third kappa shape index (κ3) is 70.3. The predicted molar refractivity (Wildman–Crippen MR) is 386 cm³/mol. The van der Waals surface area contributed by atoms with Gasteiger partial charge in [0.25, 0.3) is 0 Å². The molecule has 0 fully saturated rings. The van der Waals surface area contributed by atoms with Gasteiger partial charge in [-0.15, -0.1) is 0 Å². The highest BCUT2D eigenvalue weighted by atomic mass is 31.2. The SMILES string of the molecule is CCCCCCCCCCCCCCCCCCCCCCC(=O)O[C@H](COC(=O)CCCCCCCCCCCCCC(C)C)COP(=O)(O)OC[C@@H](O)COP(=O)(O)OC[C@@H](COC(=O)CCCCCCCCCC)OC(=O)CCCCCCCCCCCCC(C)C. The standard InChI is InChI=1S/C76H148O17P2/c1-7-9-11-13-15-17-18-19-20-21-22-23-24-25-26-29-36-42-48-54-60-75(80)93-72(65-87-74(79)59-53-47-41-35-30-27-28-33-38-44-50-56-68(3)4)67-91-95(84,85)89-63-70(77)62-88-94(82,83)90-66-71(64-86-73(78)58-52-46-40-16-14-12-10-8-2)92-76(81)61-55-49-43-37-32-31-34-39-45-51-57-69(5)6/h68-72,77H,7-67H2,1-6H3,(H,82,83)(H,84,85)/t70-,71+,72+/m0/s1. The molecule has 0 bridgehead atoms. The van der Waals surface area contributed by atoms with Crippen LogP contribution in [0.25, 0.3) is 0 Å². The van der Waals surface area contributed by atoms with Gasteiger partial charge >= 0.3 is 39.5 Å². The van der Waals surface area contributed by atoms with Gasteiger partial charge in [-0.3, -0.25) is 37.3 Å². The van der Waals surface area contributed by atoms with Gasteiger partial charge < -0.3 is 33.8 Å². The summed E-state index contributed by atoms with van der Waals surface area (Å²) in [6.07, 6.45) is 55.6. The van der Waals surface area contributed by atoms with Gasteiger partial charge in [0.05, 0.1) is 26.4 Å². The molecule has 0 radical (unpaired) electrons. The molecular formula is C76H148O17P2. The molecular weight excluding hydrogens is 1250 g/mol. The molecule has 0 aromatic heterocycles. The molecule has 0 amide bonds. The molecule has 0 aliphatic carbocycles. The third-order valence-corrected chi connectivity index (χ3v) is 19.6. The number of hydrogen-bond donors (Lipinski definition) is 3. The fraction of sp³-hybridized carbons (Fsp3) is 0.947. The van der Waals surface area contributed by atoms with E-state index in [2.05, 4.69) is 41.5 Å². The molecule has 0 aromatic rings. The lowest BCUT2D eigenvalue weighted by molar-refractivity contribution is -0.161. The highest BCUT2D eigenvalue weighted by Crippen LogP contribution is 2.45. The Morgan fingerprint density at radius 1 is 0.284 bits per heavy atom. The van der Waals surface area contributed by atoms with Crippen LogP contribution in [0.15, 0.2) is 0 Å². The summed E-state index contributed by atoms with van der Waals surface area (Å²) in [5, 5.41) is 10.6. The van der Waals surface area contributed by atoms with E-state index in [-0.39, 0.29) is 25.7 Å². The summed E-state index contributed by atoms with van der Waals surface area (Å²) in [6, 6.07) is 0. The van der Waals surface area contributed by atoms with E-state index in [1.807, 2.05) is 0 Å². The minimum Gasteiger partial charge on any atom is -0.462 e. The number of phosphoric ester groups is 2. The zero-order valence-electron chi connectivity index (χ0n) is 62.0. The van der Waals surface area contributed by atoms with Crippen LogP contribution < -0.4 is 0 Å². The van der Waals surface area contributed by atoms with E-state index in [0.29, 0.717) is 25.7 Å². The maximum Gasteiger partial charge on any atom is 0.472 e. The first-order chi connectivity index (χ1) is 45.9. The molecule has 0 rings (SSSR count). The first-order valence-corrected chi connectivity index (χ1v) is 42.5. The van der Waals surface area contributed by atoms with E-state index in [4.69, 9.17) is 37.0 Å². The second-order valence-electron chi connectivity index (χ2n) is 28.3. The quantitative estimate of drug-likeness (QED) is 0.0222. The smallest absolute Gasteiger partial charge is 0.462 e. The van der Waals surface area contributed by atoms with Gasteiger partial charge in [0.15, 0.2) is 12.2 Å². The average molecular weight is 1400 g/mol. The summed E-state index contributed by atoms with van der Waals surface area (Å²) < 4.78 is 68.5. The zero-order chi connectivity index (χ0) is 70.0. The number of hydrogen-bond acceptors (Lipinski definition) is 15. The second-order valence-corrected chi connectivity index (χ2v) is 31.3. The Bertz CT molecular complexity index is 1840. The van der Waals surface area contributed by atoms with Crippen molar-refractivity contribution in [2.75, 3.05) is 39.6 Å². The molecule has 0 aliphatic heterocycles. The van der Waals surface area contributed by atoms with E-state index in [1.54, 1.807) is 0 Å². The van der Waals surface area contributed by atoms with Crippen molar-refractivity contribution in [2.45, 2.75) is 413 Å². The first kappa shape index (κ1) is 93.1. The Labute approximate surface area is 581 Å². The van der Waals surface area contributed by atoms with Crippen LogP contribution in [0.3, 0.4) is 0 Å². The van der Waals surface area contributed by atoms with Crippen LogP contribution in [0.1, 0.15) is 395 Å². The number of unbranched alkanes of at least 4 members (excludes halogenated alkanes) is 45. The fourth-order valence-corrected chi connectivity index (χ4v) is 13.2. The Hall–Kier alpha value is -1.94. The van der Waals surface area contributed by atoms with Crippen molar-refractivity contribution >= 4 is 39.5 Å². The maximum absolute atomic E-state index is 13.1. The van der Waals surface area contributed by atoms with Crippen LogP contribution in [-0.4, -0.2) is 96.7 Å². The summed E-state index contributed by atoms with van der Waals surface area (Å²) in [4.78, 5) is 72.7. The van der Waals surface area contributed by atoms with Gasteiger partial charge in [0.2, 0.25) is 0 Å². The molecule has 2 unspecified atom stereocenters. The molecule has 17 nitrogen and oxygen atoms in total. The maximum atomic E-state index is 13.1. The molecule has 0 aliphatic rings. The van der Waals surface area contributed by atoms with Gasteiger partial charge in [0.1, 0.15) is 19.3 Å². The summed E-state index contributed by atoms with van der Waals surface area (Å²) in [5.41, 5.74) is 0. The third-order valence-electron chi connectivity index (χ3n) is 17.7. The molecule has 5 atom stereocenters. The molecule has 0 spiro atoms. The lowest BCUT2D eigenvalue weighted by Crippen LogP contribution is -2.30. The minimum atomic E-state index is -4.96. The Morgan fingerprint density at radius 2 is 0.484 bits per heavy atom. The van der Waals surface area contributed by atoms with E-state index in [9.17, 15) is 43.2 Å².